The lowest BCUT2D eigenvalue weighted by molar-refractivity contribution is -0.122. The van der Waals surface area contributed by atoms with E-state index in [0.29, 0.717) is 27.3 Å². The van der Waals surface area contributed by atoms with E-state index >= 15 is 0 Å². The van der Waals surface area contributed by atoms with E-state index in [1.807, 2.05) is 6.07 Å². The topological polar surface area (TPSA) is 45.8 Å². The monoisotopic (exact) mass is 374 g/mol. The summed E-state index contributed by atoms with van der Waals surface area (Å²) in [7, 11) is 0. The number of hydrogen-bond donors (Lipinski definition) is 0. The number of aliphatic imine (C=N–C) groups is 1. The summed E-state index contributed by atoms with van der Waals surface area (Å²) in [4.78, 5) is 18.8. The molecule has 1 fully saturated rings. The van der Waals surface area contributed by atoms with E-state index in [0.717, 1.165) is 43.6 Å². The molecule has 3 heterocycles. The number of carbonyl (C=O) groups is 1. The van der Waals surface area contributed by atoms with Crippen molar-refractivity contribution in [1.29, 1.82) is 0 Å². The fraction of sp³-hybridized carbons (Fsp3) is 0.263. The zero-order chi connectivity index (χ0) is 17.4. The van der Waals surface area contributed by atoms with Crippen molar-refractivity contribution >= 4 is 41.0 Å². The number of benzene rings is 1. The van der Waals surface area contributed by atoms with E-state index in [2.05, 4.69) is 4.99 Å². The number of carbonyl (C=O) groups excluding carboxylic acids is 1. The molecule has 2 aliphatic rings. The Morgan fingerprint density at radius 3 is 2.88 bits per heavy atom. The highest BCUT2D eigenvalue weighted by Gasteiger charge is 2.30. The third kappa shape index (κ3) is 3.24. The summed E-state index contributed by atoms with van der Waals surface area (Å²) in [5, 5.41) is 1.14. The van der Waals surface area contributed by atoms with E-state index < -0.39 is 0 Å². The predicted molar refractivity (Wildman–Crippen MR) is 99.8 cm³/mol. The van der Waals surface area contributed by atoms with Crippen LogP contribution in [0, 0.1) is 0 Å². The summed E-state index contributed by atoms with van der Waals surface area (Å²) >= 11 is 12.2. The SMILES string of the molecule is O=C1C(=Cc2ccc(-c3cc(Cl)ccc3Cl)o2)N=C2CCCCCN12. The Balaban J connectivity index is 1.64. The summed E-state index contributed by atoms with van der Waals surface area (Å²) in [5.41, 5.74) is 1.15. The van der Waals surface area contributed by atoms with E-state index in [4.69, 9.17) is 27.6 Å². The molecule has 1 saturated heterocycles. The fourth-order valence-electron chi connectivity index (χ4n) is 3.14. The third-order valence-corrected chi connectivity index (χ3v) is 4.97. The molecule has 2 aromatic rings. The third-order valence-electron chi connectivity index (χ3n) is 4.41. The quantitative estimate of drug-likeness (QED) is 0.659. The van der Waals surface area contributed by atoms with Crippen LogP contribution in [0.1, 0.15) is 31.4 Å². The lowest BCUT2D eigenvalue weighted by Crippen LogP contribution is -2.31. The summed E-state index contributed by atoms with van der Waals surface area (Å²) in [6.07, 6.45) is 5.78. The number of hydrogen-bond acceptors (Lipinski definition) is 3. The molecule has 0 radical (unpaired) electrons. The van der Waals surface area contributed by atoms with Crippen LogP contribution in [0.3, 0.4) is 0 Å². The van der Waals surface area contributed by atoms with Crippen molar-refractivity contribution in [3.05, 3.63) is 51.8 Å². The van der Waals surface area contributed by atoms with Crippen molar-refractivity contribution in [2.24, 2.45) is 4.99 Å². The molecule has 4 rings (SSSR count). The van der Waals surface area contributed by atoms with Crippen LogP contribution in [0.5, 0.6) is 0 Å². The minimum absolute atomic E-state index is 0.0457. The van der Waals surface area contributed by atoms with Crippen molar-refractivity contribution < 1.29 is 9.21 Å². The first-order valence-corrected chi connectivity index (χ1v) is 9.04. The Morgan fingerprint density at radius 2 is 2.00 bits per heavy atom. The normalized spacial score (nSPS) is 19.1. The lowest BCUT2D eigenvalue weighted by Gasteiger charge is -2.13. The van der Waals surface area contributed by atoms with Crippen LogP contribution in [0.15, 0.2) is 45.4 Å². The number of rotatable bonds is 2. The largest absolute Gasteiger partial charge is 0.457 e. The van der Waals surface area contributed by atoms with Gasteiger partial charge in [0.25, 0.3) is 5.91 Å². The second-order valence-electron chi connectivity index (χ2n) is 6.15. The molecule has 0 aliphatic carbocycles. The summed E-state index contributed by atoms with van der Waals surface area (Å²) in [6.45, 7) is 0.747. The fourth-order valence-corrected chi connectivity index (χ4v) is 3.53. The molecule has 1 aromatic heterocycles. The van der Waals surface area contributed by atoms with E-state index in [-0.39, 0.29) is 5.91 Å². The van der Waals surface area contributed by atoms with Gasteiger partial charge in [-0.15, -0.1) is 0 Å². The molecule has 4 nitrogen and oxygen atoms in total. The molecular weight excluding hydrogens is 359 g/mol. The molecule has 0 atom stereocenters. The molecule has 0 saturated carbocycles. The summed E-state index contributed by atoms with van der Waals surface area (Å²) < 4.78 is 5.83. The molecule has 1 amide bonds. The van der Waals surface area contributed by atoms with Crippen LogP contribution in [-0.2, 0) is 4.79 Å². The van der Waals surface area contributed by atoms with Gasteiger partial charge in [-0.1, -0.05) is 29.6 Å². The maximum atomic E-state index is 12.5. The zero-order valence-electron chi connectivity index (χ0n) is 13.5. The Morgan fingerprint density at radius 1 is 1.12 bits per heavy atom. The van der Waals surface area contributed by atoms with Gasteiger partial charge in [0.1, 0.15) is 23.1 Å². The minimum atomic E-state index is -0.0457. The van der Waals surface area contributed by atoms with Gasteiger partial charge in [0.05, 0.1) is 5.02 Å². The minimum Gasteiger partial charge on any atom is -0.457 e. The van der Waals surface area contributed by atoms with Gasteiger partial charge in [0.2, 0.25) is 0 Å². The number of nitrogens with zero attached hydrogens (tertiary/aromatic N) is 2. The molecule has 1 aromatic carbocycles. The highest BCUT2D eigenvalue weighted by atomic mass is 35.5. The van der Waals surface area contributed by atoms with Gasteiger partial charge in [0, 0.05) is 29.6 Å². The smallest absolute Gasteiger partial charge is 0.277 e. The summed E-state index contributed by atoms with van der Waals surface area (Å²) in [5.74, 6) is 2.00. The van der Waals surface area contributed by atoms with E-state index in [1.165, 1.54) is 0 Å². The van der Waals surface area contributed by atoms with Gasteiger partial charge >= 0.3 is 0 Å². The number of amidine groups is 1. The van der Waals surface area contributed by atoms with Crippen molar-refractivity contribution in [3.63, 3.8) is 0 Å². The van der Waals surface area contributed by atoms with Crippen LogP contribution in [0.4, 0.5) is 0 Å². The lowest BCUT2D eigenvalue weighted by atomic mass is 10.2. The first-order valence-electron chi connectivity index (χ1n) is 8.28. The standard InChI is InChI=1S/C19H16Cl2N2O2/c20-12-5-7-15(21)14(10-12)17-8-6-13(25-17)11-16-19(24)23-9-3-1-2-4-18(23)22-16/h5-8,10-11H,1-4,9H2. The van der Waals surface area contributed by atoms with E-state index in [1.54, 1.807) is 35.2 Å². The number of furan rings is 1. The van der Waals surface area contributed by atoms with Gasteiger partial charge in [-0.2, -0.15) is 0 Å². The highest BCUT2D eigenvalue weighted by molar-refractivity contribution is 6.35. The molecule has 128 valence electrons. The molecule has 25 heavy (non-hydrogen) atoms. The second-order valence-corrected chi connectivity index (χ2v) is 6.99. The van der Waals surface area contributed by atoms with Crippen LogP contribution in [0.2, 0.25) is 10.0 Å². The Kier molecular flexibility index (Phi) is 4.40. The van der Waals surface area contributed by atoms with Gasteiger partial charge in [-0.05, 0) is 43.2 Å². The average Bonchev–Trinajstić information content (AvgIpc) is 3.08. The molecule has 2 aliphatic heterocycles. The first kappa shape index (κ1) is 16.4. The number of halogens is 2. The Bertz CT molecular complexity index is 899. The van der Waals surface area contributed by atoms with Crippen molar-refractivity contribution in [2.75, 3.05) is 6.54 Å². The van der Waals surface area contributed by atoms with Crippen LogP contribution < -0.4 is 0 Å². The maximum absolute atomic E-state index is 12.5. The Hall–Kier alpha value is -2.04. The van der Waals surface area contributed by atoms with Crippen LogP contribution in [-0.4, -0.2) is 23.2 Å². The predicted octanol–water partition coefficient (Wildman–Crippen LogP) is 5.41. The zero-order valence-corrected chi connectivity index (χ0v) is 15.0. The highest BCUT2D eigenvalue weighted by Crippen LogP contribution is 2.33. The number of fused-ring (bicyclic) bond motifs is 1. The average molecular weight is 375 g/mol. The van der Waals surface area contributed by atoms with Crippen molar-refractivity contribution in [3.8, 4) is 11.3 Å². The second kappa shape index (κ2) is 6.70. The van der Waals surface area contributed by atoms with Crippen LogP contribution >= 0.6 is 23.2 Å². The molecule has 6 heteroatoms. The van der Waals surface area contributed by atoms with Crippen LogP contribution in [0.25, 0.3) is 17.4 Å². The summed E-state index contributed by atoms with van der Waals surface area (Å²) in [6, 6.07) is 8.83. The van der Waals surface area contributed by atoms with Crippen molar-refractivity contribution in [1.82, 2.24) is 4.90 Å². The van der Waals surface area contributed by atoms with Gasteiger partial charge in [0.15, 0.2) is 0 Å². The first-order chi connectivity index (χ1) is 12.1. The van der Waals surface area contributed by atoms with Crippen molar-refractivity contribution in [2.45, 2.75) is 25.7 Å². The molecule has 0 bridgehead atoms. The molecule has 0 unspecified atom stereocenters. The van der Waals surface area contributed by atoms with Gasteiger partial charge in [-0.25, -0.2) is 4.99 Å². The molecule has 0 spiro atoms. The van der Waals surface area contributed by atoms with Gasteiger partial charge in [-0.3, -0.25) is 9.69 Å². The number of amides is 1. The maximum Gasteiger partial charge on any atom is 0.277 e. The Labute approximate surface area is 155 Å². The molecule has 0 N–H and O–H groups in total. The van der Waals surface area contributed by atoms with Gasteiger partial charge < -0.3 is 4.42 Å². The molecular formula is C19H16Cl2N2O2. The van der Waals surface area contributed by atoms with E-state index in [9.17, 15) is 4.79 Å².